The Labute approximate surface area is 226 Å². The number of aromatic nitrogens is 3. The number of H-pyrrole nitrogens is 1. The molecule has 3 aromatic carbocycles. The summed E-state index contributed by atoms with van der Waals surface area (Å²) in [7, 11) is 0. The van der Waals surface area contributed by atoms with Crippen LogP contribution in [-0.2, 0) is 4.74 Å². The molecular formula is C29H30N6O4. The Bertz CT molecular complexity index is 1380. The summed E-state index contributed by atoms with van der Waals surface area (Å²) < 4.78 is 5.38. The van der Waals surface area contributed by atoms with Crippen molar-refractivity contribution in [2.24, 2.45) is 0 Å². The first-order valence-electron chi connectivity index (χ1n) is 12.7. The van der Waals surface area contributed by atoms with Crippen molar-refractivity contribution in [2.45, 2.75) is 13.8 Å². The standard InChI is InChI=1S/C27H24N6O4.C2H6/c34-24(19-3-9-22(10-4-19)31-27(36)25-28-17-29-32-25)18-1-7-21(8-2-18)30-26(35)20-5-11-23(12-6-20)33-13-15-37-16-14-33;1-2/h1-12,17H,13-16H2,(H,30,35)(H,31,36)(H,28,29,32);1-2H3. The zero-order valence-corrected chi connectivity index (χ0v) is 21.8. The Hall–Kier alpha value is -4.83. The van der Waals surface area contributed by atoms with Crippen LogP contribution in [0.1, 0.15) is 50.7 Å². The topological polar surface area (TPSA) is 129 Å². The molecule has 1 aromatic heterocycles. The second-order valence-electron chi connectivity index (χ2n) is 8.37. The van der Waals surface area contributed by atoms with E-state index in [2.05, 4.69) is 30.7 Å². The maximum Gasteiger partial charge on any atom is 0.292 e. The molecule has 0 aliphatic carbocycles. The molecule has 0 saturated carbocycles. The molecular weight excluding hydrogens is 496 g/mol. The Kier molecular flexibility index (Phi) is 9.15. The van der Waals surface area contributed by atoms with Gasteiger partial charge in [-0.1, -0.05) is 13.8 Å². The lowest BCUT2D eigenvalue weighted by molar-refractivity contribution is 0.101. The van der Waals surface area contributed by atoms with Crippen molar-refractivity contribution >= 4 is 34.7 Å². The van der Waals surface area contributed by atoms with Crippen LogP contribution < -0.4 is 15.5 Å². The summed E-state index contributed by atoms with van der Waals surface area (Å²) >= 11 is 0. The zero-order valence-electron chi connectivity index (χ0n) is 21.8. The number of nitrogens with one attached hydrogen (secondary N) is 3. The van der Waals surface area contributed by atoms with Crippen molar-refractivity contribution in [2.75, 3.05) is 41.8 Å². The van der Waals surface area contributed by atoms with Gasteiger partial charge in [-0.3, -0.25) is 19.5 Å². The number of aromatic amines is 1. The lowest BCUT2D eigenvalue weighted by Gasteiger charge is -2.28. The summed E-state index contributed by atoms with van der Waals surface area (Å²) in [6, 6.07) is 20.7. The minimum Gasteiger partial charge on any atom is -0.378 e. The normalized spacial score (nSPS) is 12.6. The summed E-state index contributed by atoms with van der Waals surface area (Å²) in [5.41, 5.74) is 3.67. The molecule has 0 atom stereocenters. The van der Waals surface area contributed by atoms with Crippen LogP contribution in [0.4, 0.5) is 17.1 Å². The summed E-state index contributed by atoms with van der Waals surface area (Å²) in [5, 5.41) is 11.7. The molecule has 2 heterocycles. The lowest BCUT2D eigenvalue weighted by atomic mass is 10.0. The summed E-state index contributed by atoms with van der Waals surface area (Å²) in [4.78, 5) is 43.6. The third kappa shape index (κ3) is 6.93. The van der Waals surface area contributed by atoms with Gasteiger partial charge in [-0.15, -0.1) is 0 Å². The van der Waals surface area contributed by atoms with Gasteiger partial charge in [0.05, 0.1) is 13.2 Å². The van der Waals surface area contributed by atoms with Crippen molar-refractivity contribution in [3.05, 3.63) is 102 Å². The summed E-state index contributed by atoms with van der Waals surface area (Å²) in [5.74, 6) is -0.736. The fourth-order valence-electron chi connectivity index (χ4n) is 3.93. The number of benzene rings is 3. The first-order valence-corrected chi connectivity index (χ1v) is 12.7. The molecule has 1 saturated heterocycles. The molecule has 0 unspecified atom stereocenters. The van der Waals surface area contributed by atoms with E-state index in [1.807, 2.05) is 26.0 Å². The fourth-order valence-corrected chi connectivity index (χ4v) is 3.93. The van der Waals surface area contributed by atoms with Crippen LogP contribution in [0.25, 0.3) is 0 Å². The van der Waals surface area contributed by atoms with Gasteiger partial charge in [0.2, 0.25) is 5.82 Å². The van der Waals surface area contributed by atoms with Gasteiger partial charge in [0.1, 0.15) is 6.33 Å². The van der Waals surface area contributed by atoms with Crippen LogP contribution in [0.2, 0.25) is 0 Å². The van der Waals surface area contributed by atoms with Gasteiger partial charge in [0.25, 0.3) is 11.8 Å². The lowest BCUT2D eigenvalue weighted by Crippen LogP contribution is -2.36. The van der Waals surface area contributed by atoms with Crippen LogP contribution >= 0.6 is 0 Å². The Morgan fingerprint density at radius 3 is 1.77 bits per heavy atom. The van der Waals surface area contributed by atoms with Crippen molar-refractivity contribution < 1.29 is 19.1 Å². The minimum atomic E-state index is -0.428. The van der Waals surface area contributed by atoms with Crippen molar-refractivity contribution in [1.82, 2.24) is 15.2 Å². The van der Waals surface area contributed by atoms with E-state index >= 15 is 0 Å². The molecule has 5 rings (SSSR count). The number of anilines is 3. The average molecular weight is 527 g/mol. The number of rotatable bonds is 7. The highest BCUT2D eigenvalue weighted by atomic mass is 16.5. The Balaban J connectivity index is 0.00000172. The first kappa shape index (κ1) is 27.2. The Morgan fingerprint density at radius 1 is 0.744 bits per heavy atom. The first-order chi connectivity index (χ1) is 19.1. The van der Waals surface area contributed by atoms with Gasteiger partial charge in [-0.05, 0) is 72.8 Å². The average Bonchev–Trinajstić information content (AvgIpc) is 3.55. The highest BCUT2D eigenvalue weighted by Gasteiger charge is 2.14. The maximum absolute atomic E-state index is 12.9. The molecule has 3 N–H and O–H groups in total. The second kappa shape index (κ2) is 13.1. The van der Waals surface area contributed by atoms with Gasteiger partial charge in [0, 0.05) is 46.8 Å². The molecule has 39 heavy (non-hydrogen) atoms. The van der Waals surface area contributed by atoms with E-state index in [0.29, 0.717) is 41.3 Å². The molecule has 10 heteroatoms. The molecule has 10 nitrogen and oxygen atoms in total. The van der Waals surface area contributed by atoms with Gasteiger partial charge in [0.15, 0.2) is 5.78 Å². The number of hydrogen-bond acceptors (Lipinski definition) is 7. The number of nitrogens with zero attached hydrogens (tertiary/aromatic N) is 3. The minimum absolute atomic E-state index is 0.0948. The third-order valence-corrected chi connectivity index (χ3v) is 5.95. The number of morpholine rings is 1. The largest absolute Gasteiger partial charge is 0.378 e. The quantitative estimate of drug-likeness (QED) is 0.304. The number of ether oxygens (including phenoxy) is 1. The van der Waals surface area contributed by atoms with Crippen LogP contribution in [0, 0.1) is 0 Å². The summed E-state index contributed by atoms with van der Waals surface area (Å²) in [6.07, 6.45) is 1.25. The summed E-state index contributed by atoms with van der Waals surface area (Å²) in [6.45, 7) is 7.08. The van der Waals surface area contributed by atoms with E-state index in [1.165, 1.54) is 6.33 Å². The molecule has 0 radical (unpaired) electrons. The SMILES string of the molecule is CC.O=C(Nc1ccc(C(=O)c2ccc(NC(=O)c3ncn[nH]3)cc2)cc1)c1ccc(N2CCOCC2)cc1. The fraction of sp³-hybridized carbons (Fsp3) is 0.207. The number of amides is 2. The van der Waals surface area contributed by atoms with Gasteiger partial charge in [-0.25, -0.2) is 4.98 Å². The third-order valence-electron chi connectivity index (χ3n) is 5.95. The van der Waals surface area contributed by atoms with Gasteiger partial charge < -0.3 is 20.3 Å². The van der Waals surface area contributed by atoms with E-state index in [-0.39, 0.29) is 17.5 Å². The molecule has 2 amide bonds. The second-order valence-corrected chi connectivity index (χ2v) is 8.37. The van der Waals surface area contributed by atoms with Crippen LogP contribution in [0.3, 0.4) is 0 Å². The number of carbonyl (C=O) groups excluding carboxylic acids is 3. The van der Waals surface area contributed by atoms with Crippen molar-refractivity contribution in [3.8, 4) is 0 Å². The van der Waals surface area contributed by atoms with E-state index in [4.69, 9.17) is 4.74 Å². The predicted molar refractivity (Wildman–Crippen MR) is 149 cm³/mol. The highest BCUT2D eigenvalue weighted by molar-refractivity contribution is 6.10. The van der Waals surface area contributed by atoms with E-state index in [1.54, 1.807) is 60.7 Å². The molecule has 0 spiro atoms. The van der Waals surface area contributed by atoms with Crippen LogP contribution in [0.15, 0.2) is 79.1 Å². The zero-order chi connectivity index (χ0) is 27.6. The number of carbonyl (C=O) groups is 3. The molecule has 1 aliphatic heterocycles. The van der Waals surface area contributed by atoms with Crippen LogP contribution in [0.5, 0.6) is 0 Å². The van der Waals surface area contributed by atoms with Gasteiger partial charge in [-0.2, -0.15) is 5.10 Å². The molecule has 1 fully saturated rings. The van der Waals surface area contributed by atoms with Gasteiger partial charge >= 0.3 is 0 Å². The maximum atomic E-state index is 12.9. The number of hydrogen-bond donors (Lipinski definition) is 3. The van der Waals surface area contributed by atoms with E-state index < -0.39 is 5.91 Å². The molecule has 4 aromatic rings. The monoisotopic (exact) mass is 526 g/mol. The van der Waals surface area contributed by atoms with E-state index in [9.17, 15) is 14.4 Å². The number of ketones is 1. The smallest absolute Gasteiger partial charge is 0.292 e. The van der Waals surface area contributed by atoms with Crippen molar-refractivity contribution in [3.63, 3.8) is 0 Å². The predicted octanol–water partition coefficient (Wildman–Crippen LogP) is 4.40. The highest BCUT2D eigenvalue weighted by Crippen LogP contribution is 2.19. The Morgan fingerprint density at radius 2 is 1.26 bits per heavy atom. The van der Waals surface area contributed by atoms with E-state index in [0.717, 1.165) is 18.8 Å². The molecule has 200 valence electrons. The van der Waals surface area contributed by atoms with Crippen LogP contribution in [-0.4, -0.2) is 59.1 Å². The molecule has 0 bridgehead atoms. The molecule has 1 aliphatic rings. The van der Waals surface area contributed by atoms with Crippen molar-refractivity contribution in [1.29, 1.82) is 0 Å².